The first kappa shape index (κ1) is 15.6. The normalized spacial score (nSPS) is 25.6. The second-order valence-electron chi connectivity index (χ2n) is 5.74. The first-order valence-corrected chi connectivity index (χ1v) is 9.27. The molecule has 0 aromatic carbocycles. The van der Waals surface area contributed by atoms with E-state index in [1.165, 1.54) is 16.2 Å². The van der Waals surface area contributed by atoms with Crippen LogP contribution >= 0.6 is 23.1 Å². The number of thiophene rings is 1. The highest BCUT2D eigenvalue weighted by atomic mass is 32.2. The van der Waals surface area contributed by atoms with Crippen LogP contribution in [0.2, 0.25) is 0 Å². The van der Waals surface area contributed by atoms with Gasteiger partial charge in [0.2, 0.25) is 5.91 Å². The third kappa shape index (κ3) is 3.05. The molecule has 1 saturated heterocycles. The topological polar surface area (TPSA) is 66.5 Å². The van der Waals surface area contributed by atoms with Gasteiger partial charge in [0, 0.05) is 0 Å². The summed E-state index contributed by atoms with van der Waals surface area (Å²) in [6.45, 7) is 1.95. The average Bonchev–Trinajstić information content (AvgIpc) is 3.06. The fourth-order valence-electron chi connectivity index (χ4n) is 3.06. The Labute approximate surface area is 137 Å². The molecule has 0 bridgehead atoms. The molecule has 0 radical (unpaired) electrons. The summed E-state index contributed by atoms with van der Waals surface area (Å²) < 4.78 is 0. The van der Waals surface area contributed by atoms with Crippen LogP contribution in [0.5, 0.6) is 0 Å². The fourth-order valence-corrected chi connectivity index (χ4v) is 4.63. The van der Waals surface area contributed by atoms with E-state index in [9.17, 15) is 14.4 Å². The highest BCUT2D eigenvalue weighted by molar-refractivity contribution is 8.14. The Hall–Kier alpha value is -1.34. The van der Waals surface area contributed by atoms with E-state index in [2.05, 4.69) is 5.32 Å². The van der Waals surface area contributed by atoms with Crippen molar-refractivity contribution in [1.82, 2.24) is 10.2 Å². The van der Waals surface area contributed by atoms with Gasteiger partial charge in [-0.3, -0.25) is 19.3 Å². The van der Waals surface area contributed by atoms with Crippen molar-refractivity contribution in [2.24, 2.45) is 0 Å². The van der Waals surface area contributed by atoms with Gasteiger partial charge in [0.25, 0.3) is 11.1 Å². The molecule has 0 unspecified atom stereocenters. The molecular formula is C15H18N2O3S2. The molecule has 7 heteroatoms. The van der Waals surface area contributed by atoms with Gasteiger partial charge < -0.3 is 5.32 Å². The van der Waals surface area contributed by atoms with E-state index in [4.69, 9.17) is 0 Å². The maximum atomic E-state index is 12.4. The Balaban J connectivity index is 1.74. The zero-order valence-electron chi connectivity index (χ0n) is 12.3. The van der Waals surface area contributed by atoms with Crippen molar-refractivity contribution in [1.29, 1.82) is 0 Å². The lowest BCUT2D eigenvalue weighted by molar-refractivity contribution is -0.127. The molecule has 3 amide bonds. The second kappa shape index (κ2) is 6.42. The van der Waals surface area contributed by atoms with Crippen molar-refractivity contribution in [3.63, 3.8) is 0 Å². The summed E-state index contributed by atoms with van der Waals surface area (Å²) in [5.74, 6) is -0.0185. The molecule has 118 valence electrons. The predicted molar refractivity (Wildman–Crippen MR) is 87.3 cm³/mol. The summed E-state index contributed by atoms with van der Waals surface area (Å²) in [6, 6.07) is 1.52. The van der Waals surface area contributed by atoms with E-state index in [1.807, 2.05) is 18.4 Å². The van der Waals surface area contributed by atoms with Crippen molar-refractivity contribution in [3.05, 3.63) is 21.9 Å². The quantitative estimate of drug-likeness (QED) is 0.920. The highest BCUT2D eigenvalue weighted by Crippen LogP contribution is 2.30. The molecule has 22 heavy (non-hydrogen) atoms. The van der Waals surface area contributed by atoms with Crippen molar-refractivity contribution in [3.8, 4) is 0 Å². The van der Waals surface area contributed by atoms with Crippen LogP contribution in [0.1, 0.15) is 40.9 Å². The lowest BCUT2D eigenvalue weighted by Crippen LogP contribution is -2.54. The third-order valence-corrected chi connectivity index (χ3v) is 6.00. The van der Waals surface area contributed by atoms with Crippen LogP contribution in [0.15, 0.2) is 11.4 Å². The molecule has 2 aliphatic rings. The second-order valence-corrected chi connectivity index (χ2v) is 7.58. The summed E-state index contributed by atoms with van der Waals surface area (Å²) in [7, 11) is 0. The molecule has 1 aromatic heterocycles. The number of hydrogen-bond acceptors (Lipinski definition) is 5. The monoisotopic (exact) mass is 338 g/mol. The molecule has 2 atom stereocenters. The van der Waals surface area contributed by atoms with Crippen molar-refractivity contribution in [2.75, 3.05) is 5.75 Å². The van der Waals surface area contributed by atoms with E-state index < -0.39 is 0 Å². The van der Waals surface area contributed by atoms with Crippen molar-refractivity contribution < 1.29 is 14.4 Å². The first-order valence-electron chi connectivity index (χ1n) is 7.41. The molecule has 1 aliphatic carbocycles. The van der Waals surface area contributed by atoms with Crippen LogP contribution in [0, 0.1) is 6.92 Å². The molecule has 2 heterocycles. The zero-order valence-corrected chi connectivity index (χ0v) is 14.0. The lowest BCUT2D eigenvalue weighted by Gasteiger charge is -2.36. The summed E-state index contributed by atoms with van der Waals surface area (Å²) in [5.41, 5.74) is 1.07. The van der Waals surface area contributed by atoms with Gasteiger partial charge in [0.15, 0.2) is 0 Å². The zero-order chi connectivity index (χ0) is 15.7. The number of amides is 3. The number of thioether (sulfide) groups is 1. The summed E-state index contributed by atoms with van der Waals surface area (Å²) in [4.78, 5) is 38.3. The standard InChI is InChI=1S/C15H18N2O3S2/c1-9-6-12(21-7-9)14(19)16-10-4-2-3-5-11(10)17-13(18)8-22-15(17)20/h6-7,10-11H,2-5,8H2,1H3,(H,16,19)/t10-,11-/m1/s1. The van der Waals surface area contributed by atoms with Gasteiger partial charge in [-0.1, -0.05) is 24.6 Å². The first-order chi connectivity index (χ1) is 10.6. The fraction of sp³-hybridized carbons (Fsp3) is 0.533. The van der Waals surface area contributed by atoms with Gasteiger partial charge in [-0.15, -0.1) is 11.3 Å². The Morgan fingerprint density at radius 2 is 2.09 bits per heavy atom. The molecular weight excluding hydrogens is 320 g/mol. The van der Waals surface area contributed by atoms with Gasteiger partial charge in [-0.2, -0.15) is 0 Å². The SMILES string of the molecule is Cc1csc(C(=O)N[C@@H]2CCCC[C@H]2N2C(=O)CSC2=O)c1. The van der Waals surface area contributed by atoms with Crippen LogP contribution in [-0.2, 0) is 4.79 Å². The number of nitrogens with one attached hydrogen (secondary N) is 1. The summed E-state index contributed by atoms with van der Waals surface area (Å²) >= 11 is 2.47. The number of rotatable bonds is 3. The molecule has 2 fully saturated rings. The molecule has 3 rings (SSSR count). The van der Waals surface area contributed by atoms with E-state index in [-0.39, 0.29) is 34.9 Å². The van der Waals surface area contributed by atoms with Crippen molar-refractivity contribution >= 4 is 40.2 Å². The number of hydrogen-bond donors (Lipinski definition) is 1. The van der Waals surface area contributed by atoms with Gasteiger partial charge in [0.1, 0.15) is 0 Å². The van der Waals surface area contributed by atoms with Gasteiger partial charge in [-0.05, 0) is 36.8 Å². The van der Waals surface area contributed by atoms with E-state index in [1.54, 1.807) is 0 Å². The van der Waals surface area contributed by atoms with Gasteiger partial charge in [-0.25, -0.2) is 0 Å². The lowest BCUT2D eigenvalue weighted by atomic mass is 9.89. The van der Waals surface area contributed by atoms with Crippen LogP contribution in [-0.4, -0.2) is 39.8 Å². The number of aryl methyl sites for hydroxylation is 1. The Morgan fingerprint density at radius 1 is 1.32 bits per heavy atom. The Bertz CT molecular complexity index is 598. The van der Waals surface area contributed by atoms with E-state index in [0.29, 0.717) is 4.88 Å². The number of carbonyl (C=O) groups excluding carboxylic acids is 3. The maximum Gasteiger partial charge on any atom is 0.289 e. The average molecular weight is 338 g/mol. The summed E-state index contributed by atoms with van der Waals surface area (Å²) in [5, 5.41) is 4.80. The minimum absolute atomic E-state index is 0.109. The largest absolute Gasteiger partial charge is 0.347 e. The van der Waals surface area contributed by atoms with Crippen LogP contribution in [0.25, 0.3) is 0 Å². The molecule has 5 nitrogen and oxygen atoms in total. The molecule has 0 spiro atoms. The molecule has 1 aromatic rings. The van der Waals surface area contributed by atoms with Crippen LogP contribution in [0.4, 0.5) is 4.79 Å². The highest BCUT2D eigenvalue weighted by Gasteiger charge is 2.41. The minimum Gasteiger partial charge on any atom is -0.347 e. The Kier molecular flexibility index (Phi) is 4.54. The van der Waals surface area contributed by atoms with Crippen molar-refractivity contribution in [2.45, 2.75) is 44.7 Å². The summed E-state index contributed by atoms with van der Waals surface area (Å²) in [6.07, 6.45) is 3.57. The smallest absolute Gasteiger partial charge is 0.289 e. The Morgan fingerprint density at radius 3 is 2.73 bits per heavy atom. The van der Waals surface area contributed by atoms with Crippen LogP contribution < -0.4 is 5.32 Å². The predicted octanol–water partition coefficient (Wildman–Crippen LogP) is 2.79. The van der Waals surface area contributed by atoms with Gasteiger partial charge in [0.05, 0.1) is 22.7 Å². The number of carbonyl (C=O) groups is 3. The van der Waals surface area contributed by atoms with Gasteiger partial charge >= 0.3 is 0 Å². The minimum atomic E-state index is -0.200. The maximum absolute atomic E-state index is 12.4. The van der Waals surface area contributed by atoms with E-state index >= 15 is 0 Å². The van der Waals surface area contributed by atoms with Crippen LogP contribution in [0.3, 0.4) is 0 Å². The van der Waals surface area contributed by atoms with E-state index in [0.717, 1.165) is 43.0 Å². The molecule has 1 aliphatic heterocycles. The number of imide groups is 1. The molecule has 1 N–H and O–H groups in total. The number of nitrogens with zero attached hydrogens (tertiary/aromatic N) is 1. The third-order valence-electron chi connectivity index (χ3n) is 4.12. The molecule has 1 saturated carbocycles.